The van der Waals surface area contributed by atoms with Gasteiger partial charge in [-0.25, -0.2) is 0 Å². The first kappa shape index (κ1) is 26.1. The number of hydrogen-bond donors (Lipinski definition) is 0. The van der Waals surface area contributed by atoms with Gasteiger partial charge in [-0.15, -0.1) is 0 Å². The van der Waals surface area contributed by atoms with E-state index in [4.69, 9.17) is 0 Å². The molecule has 0 saturated heterocycles. The van der Waals surface area contributed by atoms with E-state index in [1.807, 2.05) is 0 Å². The number of rotatable bonds is 2. The molecule has 0 spiro atoms. The summed E-state index contributed by atoms with van der Waals surface area (Å²) in [7, 11) is 0. The van der Waals surface area contributed by atoms with Crippen LogP contribution in [0.5, 0.6) is 0 Å². The first-order valence-electron chi connectivity index (χ1n) is 16.5. The topological polar surface area (TPSA) is 0 Å². The molecule has 0 saturated carbocycles. The van der Waals surface area contributed by atoms with Gasteiger partial charge in [0.05, 0.1) is 0 Å². The summed E-state index contributed by atoms with van der Waals surface area (Å²) >= 11 is 0. The molecule has 0 fully saturated rings. The lowest BCUT2D eigenvalue weighted by molar-refractivity contribution is 0.652. The monoisotopic (exact) mass is 586 g/mol. The van der Waals surface area contributed by atoms with Gasteiger partial charge in [-0.3, -0.25) is 0 Å². The fourth-order valence-corrected chi connectivity index (χ4v) is 9.02. The van der Waals surface area contributed by atoms with Gasteiger partial charge < -0.3 is 0 Å². The van der Waals surface area contributed by atoms with Crippen LogP contribution in [0.4, 0.5) is 0 Å². The van der Waals surface area contributed by atoms with Crippen LogP contribution in [0.1, 0.15) is 49.9 Å². The van der Waals surface area contributed by atoms with Gasteiger partial charge in [0.2, 0.25) is 0 Å². The summed E-state index contributed by atoms with van der Waals surface area (Å²) in [5, 5.41) is 7.98. The van der Waals surface area contributed by atoms with Gasteiger partial charge in [-0.2, -0.15) is 0 Å². The third-order valence-electron chi connectivity index (χ3n) is 11.4. The highest BCUT2D eigenvalue weighted by Crippen LogP contribution is 2.56. The molecule has 0 nitrogen and oxygen atoms in total. The maximum atomic E-state index is 2.51. The SMILES string of the molecule is CC1(C)c2ccccc2-c2cc3c(cc21)-c1ccc(-c2ccc4ccc5c(-c6ccccc6)ccc6ccc2c4c65)cc1C3(C)C. The maximum absolute atomic E-state index is 2.51. The van der Waals surface area contributed by atoms with Crippen molar-refractivity contribution in [2.75, 3.05) is 0 Å². The molecule has 0 N–H and O–H groups in total. The standard InChI is InChI=1S/C46H34/c1-45(2)39-13-9-8-12-33(39)37-25-42-38(26-41(37)45)34-21-18-30(24-40(34)46(42,3)4)32-20-15-29-16-22-35-31(27-10-6-5-7-11-27)19-14-28-17-23-36(32)44(29)43(28)35/h5-26H,1-4H3. The normalized spacial score (nSPS) is 15.3. The molecule has 0 amide bonds. The number of fused-ring (bicyclic) bond motifs is 6. The van der Waals surface area contributed by atoms with E-state index in [1.54, 1.807) is 0 Å². The summed E-state index contributed by atoms with van der Waals surface area (Å²) in [5.74, 6) is 0. The fourth-order valence-electron chi connectivity index (χ4n) is 9.02. The zero-order valence-electron chi connectivity index (χ0n) is 26.7. The summed E-state index contributed by atoms with van der Waals surface area (Å²) < 4.78 is 0. The van der Waals surface area contributed by atoms with Crippen LogP contribution in [0.15, 0.2) is 133 Å². The summed E-state index contributed by atoms with van der Waals surface area (Å²) in [4.78, 5) is 0. The molecule has 0 radical (unpaired) electrons. The van der Waals surface area contributed by atoms with Gasteiger partial charge in [-0.1, -0.05) is 143 Å². The Morgan fingerprint density at radius 2 is 0.804 bits per heavy atom. The van der Waals surface area contributed by atoms with E-state index in [9.17, 15) is 0 Å². The Kier molecular flexibility index (Phi) is 4.95. The first-order valence-corrected chi connectivity index (χ1v) is 16.5. The molecule has 8 aromatic rings. The van der Waals surface area contributed by atoms with Crippen LogP contribution in [-0.4, -0.2) is 0 Å². The smallest absolute Gasteiger partial charge is 0.0159 e. The van der Waals surface area contributed by atoms with Crippen LogP contribution in [0.25, 0.3) is 76.8 Å². The van der Waals surface area contributed by atoms with Crippen LogP contribution in [0, 0.1) is 0 Å². The highest BCUT2D eigenvalue weighted by molar-refractivity contribution is 6.27. The molecule has 0 aromatic heterocycles. The Labute approximate surface area is 270 Å². The average molecular weight is 587 g/mol. The molecule has 10 rings (SSSR count). The Balaban J connectivity index is 1.16. The molecule has 0 unspecified atom stereocenters. The Hall–Kier alpha value is -5.20. The van der Waals surface area contributed by atoms with Crippen LogP contribution < -0.4 is 0 Å². The predicted octanol–water partition coefficient (Wildman–Crippen LogP) is 12.5. The lowest BCUT2D eigenvalue weighted by atomic mass is 9.79. The van der Waals surface area contributed by atoms with Crippen molar-refractivity contribution in [3.05, 3.63) is 156 Å². The Morgan fingerprint density at radius 3 is 1.46 bits per heavy atom. The van der Waals surface area contributed by atoms with E-state index in [0.29, 0.717) is 0 Å². The second-order valence-corrected chi connectivity index (χ2v) is 14.5. The summed E-state index contributed by atoms with van der Waals surface area (Å²) in [6, 6.07) is 50.6. The van der Waals surface area contributed by atoms with Crippen LogP contribution in [-0.2, 0) is 10.8 Å². The molecule has 46 heavy (non-hydrogen) atoms. The van der Waals surface area contributed by atoms with E-state index in [0.717, 1.165) is 0 Å². The average Bonchev–Trinajstić information content (AvgIpc) is 3.45. The molecule has 218 valence electrons. The number of hydrogen-bond acceptors (Lipinski definition) is 0. The summed E-state index contributed by atoms with van der Waals surface area (Å²) in [6.45, 7) is 9.58. The van der Waals surface area contributed by atoms with Gasteiger partial charge in [0.25, 0.3) is 0 Å². The van der Waals surface area contributed by atoms with Crippen molar-refractivity contribution in [3.63, 3.8) is 0 Å². The number of benzene rings is 8. The van der Waals surface area contributed by atoms with Crippen LogP contribution in [0.3, 0.4) is 0 Å². The largest absolute Gasteiger partial charge is 0.0622 e. The van der Waals surface area contributed by atoms with Crippen LogP contribution >= 0.6 is 0 Å². The second-order valence-electron chi connectivity index (χ2n) is 14.5. The summed E-state index contributed by atoms with van der Waals surface area (Å²) in [6.07, 6.45) is 0. The van der Waals surface area contributed by atoms with Crippen molar-refractivity contribution in [3.8, 4) is 44.5 Å². The van der Waals surface area contributed by atoms with Gasteiger partial charge in [-0.05, 0) is 117 Å². The lowest BCUT2D eigenvalue weighted by Gasteiger charge is -2.24. The van der Waals surface area contributed by atoms with Crippen molar-refractivity contribution in [2.45, 2.75) is 38.5 Å². The van der Waals surface area contributed by atoms with Gasteiger partial charge in [0.1, 0.15) is 0 Å². The zero-order chi connectivity index (χ0) is 30.9. The van der Waals surface area contributed by atoms with Crippen molar-refractivity contribution in [1.29, 1.82) is 0 Å². The quantitative estimate of drug-likeness (QED) is 0.177. The molecule has 2 aliphatic rings. The molecule has 0 bridgehead atoms. The molecular formula is C46H34. The predicted molar refractivity (Wildman–Crippen MR) is 196 cm³/mol. The highest BCUT2D eigenvalue weighted by atomic mass is 14.4. The minimum absolute atomic E-state index is 0.00408. The highest BCUT2D eigenvalue weighted by Gasteiger charge is 2.41. The minimum atomic E-state index is -0.0915. The van der Waals surface area contributed by atoms with Gasteiger partial charge in [0.15, 0.2) is 0 Å². The van der Waals surface area contributed by atoms with Crippen LogP contribution in [0.2, 0.25) is 0 Å². The van der Waals surface area contributed by atoms with Crippen molar-refractivity contribution < 1.29 is 0 Å². The first-order chi connectivity index (χ1) is 22.3. The second kappa shape index (κ2) is 8.74. The molecule has 0 heterocycles. The third-order valence-corrected chi connectivity index (χ3v) is 11.4. The summed E-state index contributed by atoms with van der Waals surface area (Å²) in [5.41, 5.74) is 16.4. The van der Waals surface area contributed by atoms with E-state index in [2.05, 4.69) is 161 Å². The van der Waals surface area contributed by atoms with E-state index >= 15 is 0 Å². The molecule has 0 atom stereocenters. The Bertz CT molecular complexity index is 2560. The van der Waals surface area contributed by atoms with E-state index in [1.165, 1.54) is 99.1 Å². The lowest BCUT2D eigenvalue weighted by Crippen LogP contribution is -2.17. The van der Waals surface area contributed by atoms with Gasteiger partial charge in [0, 0.05) is 10.8 Å². The minimum Gasteiger partial charge on any atom is -0.0622 e. The van der Waals surface area contributed by atoms with Crippen molar-refractivity contribution in [1.82, 2.24) is 0 Å². The maximum Gasteiger partial charge on any atom is 0.0159 e. The Morgan fingerprint density at radius 1 is 0.326 bits per heavy atom. The van der Waals surface area contributed by atoms with E-state index in [-0.39, 0.29) is 10.8 Å². The molecule has 0 aliphatic heterocycles. The van der Waals surface area contributed by atoms with E-state index < -0.39 is 0 Å². The van der Waals surface area contributed by atoms with Crippen molar-refractivity contribution >= 4 is 32.3 Å². The molecular weight excluding hydrogens is 553 g/mol. The van der Waals surface area contributed by atoms with Gasteiger partial charge >= 0.3 is 0 Å². The fraction of sp³-hybridized carbons (Fsp3) is 0.130. The molecule has 0 heteroatoms. The molecule has 8 aromatic carbocycles. The molecule has 2 aliphatic carbocycles. The zero-order valence-corrected chi connectivity index (χ0v) is 26.7. The third kappa shape index (κ3) is 3.24. The van der Waals surface area contributed by atoms with Crippen molar-refractivity contribution in [2.24, 2.45) is 0 Å².